The molecule has 1 aromatic rings. The molecule has 0 unspecified atom stereocenters. The zero-order valence-electron chi connectivity index (χ0n) is 11.8. The average Bonchev–Trinajstić information content (AvgIpc) is 2.38. The standard InChI is InChI=1S/C12H16F3O5PS/c1-3-11(4-2,21(16,17)18)9-5-7-10(8-6-9)22(19,20)12(13,14)15/h5-8H,3-4H2,1-2H3,(H2,16,17,18). The van der Waals surface area contributed by atoms with Gasteiger partial charge in [-0.15, -0.1) is 0 Å². The third-order valence-electron chi connectivity index (χ3n) is 3.73. The maximum Gasteiger partial charge on any atom is 0.501 e. The minimum Gasteiger partial charge on any atom is -0.324 e. The molecular formula is C12H16F3O5PS. The summed E-state index contributed by atoms with van der Waals surface area (Å²) in [5.74, 6) is 0. The molecule has 126 valence electrons. The smallest absolute Gasteiger partial charge is 0.324 e. The molecule has 2 N–H and O–H groups in total. The van der Waals surface area contributed by atoms with Crippen molar-refractivity contribution in [1.82, 2.24) is 0 Å². The van der Waals surface area contributed by atoms with Crippen molar-refractivity contribution in [2.45, 2.75) is 42.2 Å². The van der Waals surface area contributed by atoms with Crippen LogP contribution in [0.25, 0.3) is 0 Å². The van der Waals surface area contributed by atoms with Gasteiger partial charge in [0, 0.05) is 0 Å². The number of alkyl halides is 3. The molecule has 5 nitrogen and oxygen atoms in total. The van der Waals surface area contributed by atoms with Gasteiger partial charge in [0.25, 0.3) is 9.84 Å². The average molecular weight is 360 g/mol. The van der Waals surface area contributed by atoms with Crippen LogP contribution in [0.1, 0.15) is 32.3 Å². The summed E-state index contributed by atoms with van der Waals surface area (Å²) in [5, 5.41) is -1.55. The number of rotatable bonds is 5. The van der Waals surface area contributed by atoms with Crippen molar-refractivity contribution in [2.75, 3.05) is 0 Å². The molecule has 22 heavy (non-hydrogen) atoms. The SMILES string of the molecule is CCC(CC)(c1ccc(S(=O)(=O)C(F)(F)F)cc1)P(=O)(O)O. The molecule has 0 heterocycles. The lowest BCUT2D eigenvalue weighted by atomic mass is 9.93. The second-order valence-electron chi connectivity index (χ2n) is 4.76. The van der Waals surface area contributed by atoms with Gasteiger partial charge in [-0.2, -0.15) is 13.2 Å². The maximum atomic E-state index is 12.5. The van der Waals surface area contributed by atoms with Crippen molar-refractivity contribution in [3.05, 3.63) is 29.8 Å². The molecule has 0 aliphatic carbocycles. The first-order chi connectivity index (χ1) is 9.83. The minimum absolute atomic E-state index is 0.0547. The summed E-state index contributed by atoms with van der Waals surface area (Å²) in [6, 6.07) is 3.47. The number of halogens is 3. The van der Waals surface area contributed by atoms with E-state index in [0.29, 0.717) is 12.1 Å². The molecule has 0 bridgehead atoms. The van der Waals surface area contributed by atoms with Crippen molar-refractivity contribution < 1.29 is 35.9 Å². The van der Waals surface area contributed by atoms with Crippen molar-refractivity contribution >= 4 is 17.4 Å². The quantitative estimate of drug-likeness (QED) is 0.787. The van der Waals surface area contributed by atoms with E-state index in [-0.39, 0.29) is 18.4 Å². The van der Waals surface area contributed by atoms with Crippen LogP contribution >= 0.6 is 7.60 Å². The molecule has 1 aromatic carbocycles. The molecule has 0 atom stereocenters. The van der Waals surface area contributed by atoms with Gasteiger partial charge in [-0.05, 0) is 30.5 Å². The molecule has 1 rings (SSSR count). The van der Waals surface area contributed by atoms with Gasteiger partial charge in [-0.1, -0.05) is 26.0 Å². The molecule has 0 aliphatic heterocycles. The molecule has 0 spiro atoms. The van der Waals surface area contributed by atoms with E-state index in [0.717, 1.165) is 12.1 Å². The number of sulfone groups is 1. The first-order valence-corrected chi connectivity index (χ1v) is 9.40. The zero-order chi connectivity index (χ0) is 17.4. The second kappa shape index (κ2) is 5.96. The molecule has 0 aromatic heterocycles. The van der Waals surface area contributed by atoms with Gasteiger partial charge in [0.15, 0.2) is 0 Å². The Morgan fingerprint density at radius 1 is 1.05 bits per heavy atom. The zero-order valence-corrected chi connectivity index (χ0v) is 13.5. The van der Waals surface area contributed by atoms with E-state index in [1.54, 1.807) is 13.8 Å². The topological polar surface area (TPSA) is 91.7 Å². The van der Waals surface area contributed by atoms with Gasteiger partial charge in [-0.25, -0.2) is 8.42 Å². The van der Waals surface area contributed by atoms with E-state index in [2.05, 4.69) is 0 Å². The van der Waals surface area contributed by atoms with E-state index in [1.807, 2.05) is 0 Å². The largest absolute Gasteiger partial charge is 0.501 e. The molecule has 0 saturated heterocycles. The van der Waals surface area contributed by atoms with Crippen LogP contribution in [0.15, 0.2) is 29.2 Å². The Hall–Kier alpha value is -0.890. The number of hydrogen-bond acceptors (Lipinski definition) is 3. The van der Waals surface area contributed by atoms with Crippen LogP contribution in [0, 0.1) is 0 Å². The van der Waals surface area contributed by atoms with Crippen LogP contribution in [0.4, 0.5) is 13.2 Å². The van der Waals surface area contributed by atoms with Gasteiger partial charge < -0.3 is 9.79 Å². The normalized spacial score (nSPS) is 14.1. The third-order valence-corrected chi connectivity index (χ3v) is 7.24. The maximum absolute atomic E-state index is 12.5. The highest BCUT2D eigenvalue weighted by molar-refractivity contribution is 7.92. The predicted octanol–water partition coefficient (Wildman–Crippen LogP) is 3.17. The highest BCUT2D eigenvalue weighted by atomic mass is 32.2. The molecule has 0 fully saturated rings. The minimum atomic E-state index is -5.48. The summed E-state index contributed by atoms with van der Waals surface area (Å²) in [6.07, 6.45) is 0.109. The van der Waals surface area contributed by atoms with E-state index < -0.39 is 33.0 Å². The van der Waals surface area contributed by atoms with Crippen molar-refractivity contribution in [1.29, 1.82) is 0 Å². The Balaban J connectivity index is 3.43. The molecule has 0 amide bonds. The van der Waals surface area contributed by atoms with Crippen LogP contribution in [-0.4, -0.2) is 23.7 Å². The number of benzene rings is 1. The van der Waals surface area contributed by atoms with Crippen LogP contribution in [0.2, 0.25) is 0 Å². The van der Waals surface area contributed by atoms with Gasteiger partial charge in [0.05, 0.1) is 10.1 Å². The first kappa shape index (κ1) is 19.2. The summed E-state index contributed by atoms with van der Waals surface area (Å²) in [6.45, 7) is 3.09. The summed E-state index contributed by atoms with van der Waals surface area (Å²) in [4.78, 5) is 18.1. The van der Waals surface area contributed by atoms with Crippen molar-refractivity contribution in [3.8, 4) is 0 Å². The van der Waals surface area contributed by atoms with Crippen LogP contribution in [0.5, 0.6) is 0 Å². The monoisotopic (exact) mass is 360 g/mol. The Bertz CT molecular complexity index is 672. The Kier molecular flexibility index (Phi) is 5.19. The Morgan fingerprint density at radius 3 is 1.73 bits per heavy atom. The second-order valence-corrected chi connectivity index (χ2v) is 8.64. The lowest BCUT2D eigenvalue weighted by Crippen LogP contribution is -2.25. The Morgan fingerprint density at radius 2 is 1.45 bits per heavy atom. The van der Waals surface area contributed by atoms with E-state index in [1.165, 1.54) is 0 Å². The van der Waals surface area contributed by atoms with Crippen molar-refractivity contribution in [3.63, 3.8) is 0 Å². The summed E-state index contributed by atoms with van der Waals surface area (Å²) in [5.41, 5.74) is -5.32. The lowest BCUT2D eigenvalue weighted by molar-refractivity contribution is -0.0436. The van der Waals surface area contributed by atoms with Gasteiger partial charge in [0.1, 0.15) is 0 Å². The first-order valence-electron chi connectivity index (χ1n) is 6.31. The van der Waals surface area contributed by atoms with E-state index >= 15 is 0 Å². The summed E-state index contributed by atoms with van der Waals surface area (Å²) in [7, 11) is -10.1. The highest BCUT2D eigenvalue weighted by Crippen LogP contribution is 2.60. The summed E-state index contributed by atoms with van der Waals surface area (Å²) >= 11 is 0. The molecule has 10 heteroatoms. The van der Waals surface area contributed by atoms with Gasteiger partial charge in [-0.3, -0.25) is 4.57 Å². The predicted molar refractivity (Wildman–Crippen MR) is 74.0 cm³/mol. The molecular weight excluding hydrogens is 344 g/mol. The molecule has 0 radical (unpaired) electrons. The van der Waals surface area contributed by atoms with E-state index in [4.69, 9.17) is 0 Å². The molecule has 0 aliphatic rings. The fourth-order valence-electron chi connectivity index (χ4n) is 2.32. The fourth-order valence-corrected chi connectivity index (χ4v) is 4.39. The highest BCUT2D eigenvalue weighted by Gasteiger charge is 2.48. The third kappa shape index (κ3) is 3.08. The van der Waals surface area contributed by atoms with E-state index in [9.17, 15) is 35.9 Å². The van der Waals surface area contributed by atoms with Crippen LogP contribution < -0.4 is 0 Å². The van der Waals surface area contributed by atoms with Crippen LogP contribution in [-0.2, 0) is 19.6 Å². The van der Waals surface area contributed by atoms with Crippen LogP contribution in [0.3, 0.4) is 0 Å². The fraction of sp³-hybridized carbons (Fsp3) is 0.500. The van der Waals surface area contributed by atoms with Gasteiger partial charge in [0.2, 0.25) is 0 Å². The van der Waals surface area contributed by atoms with Crippen molar-refractivity contribution in [2.24, 2.45) is 0 Å². The summed E-state index contributed by atoms with van der Waals surface area (Å²) < 4.78 is 71.7. The Labute approximate surface area is 126 Å². The number of hydrogen-bond donors (Lipinski definition) is 2. The lowest BCUT2D eigenvalue weighted by Gasteiger charge is -2.33. The molecule has 0 saturated carbocycles. The van der Waals surface area contributed by atoms with Gasteiger partial charge >= 0.3 is 13.1 Å².